The number of carbonyl (C=O) groups excluding carboxylic acids is 2. The molecule has 0 bridgehead atoms. The van der Waals surface area contributed by atoms with Crippen LogP contribution in [0.15, 0.2) is 46.9 Å². The molecular formula is C16H12BrNO5. The molecule has 23 heavy (non-hydrogen) atoms. The number of ether oxygens (including phenoxy) is 1. The zero-order chi connectivity index (χ0) is 17.0. The first-order chi connectivity index (χ1) is 10.9. The molecule has 0 spiro atoms. The molecule has 0 unspecified atom stereocenters. The van der Waals surface area contributed by atoms with Crippen molar-refractivity contribution in [3.63, 3.8) is 0 Å². The van der Waals surface area contributed by atoms with Crippen LogP contribution in [0, 0.1) is 17.0 Å². The first-order valence-corrected chi connectivity index (χ1v) is 7.38. The summed E-state index contributed by atoms with van der Waals surface area (Å²) in [7, 11) is 0. The van der Waals surface area contributed by atoms with Crippen LogP contribution < -0.4 is 0 Å². The molecule has 2 rings (SSSR count). The third kappa shape index (κ3) is 4.23. The van der Waals surface area contributed by atoms with E-state index in [1.54, 1.807) is 18.2 Å². The number of hydrogen-bond acceptors (Lipinski definition) is 5. The molecule has 0 aromatic heterocycles. The topological polar surface area (TPSA) is 86.5 Å². The van der Waals surface area contributed by atoms with Crippen molar-refractivity contribution in [3.8, 4) is 0 Å². The molecule has 0 N–H and O–H groups in total. The van der Waals surface area contributed by atoms with Crippen molar-refractivity contribution >= 4 is 33.4 Å². The van der Waals surface area contributed by atoms with Crippen LogP contribution in [0.4, 0.5) is 5.69 Å². The lowest BCUT2D eigenvalue weighted by atomic mass is 10.1. The van der Waals surface area contributed by atoms with E-state index in [-0.39, 0.29) is 11.3 Å². The van der Waals surface area contributed by atoms with Crippen LogP contribution in [0.3, 0.4) is 0 Å². The Morgan fingerprint density at radius 1 is 1.13 bits per heavy atom. The molecule has 118 valence electrons. The maximum atomic E-state index is 11.9. The van der Waals surface area contributed by atoms with Gasteiger partial charge in [-0.15, -0.1) is 0 Å². The summed E-state index contributed by atoms with van der Waals surface area (Å²) in [5, 5.41) is 10.6. The van der Waals surface area contributed by atoms with Crippen molar-refractivity contribution in [2.24, 2.45) is 0 Å². The van der Waals surface area contributed by atoms with Gasteiger partial charge in [0.2, 0.25) is 0 Å². The number of Topliss-reactive ketones (excluding diaryl/α,β-unsaturated/α-hetero) is 1. The highest BCUT2D eigenvalue weighted by atomic mass is 79.9. The Bertz CT molecular complexity index is 771. The highest BCUT2D eigenvalue weighted by molar-refractivity contribution is 9.10. The smallest absolute Gasteiger partial charge is 0.338 e. The third-order valence-electron chi connectivity index (χ3n) is 3.14. The van der Waals surface area contributed by atoms with Gasteiger partial charge >= 0.3 is 5.97 Å². The summed E-state index contributed by atoms with van der Waals surface area (Å²) in [6, 6.07) is 10.1. The van der Waals surface area contributed by atoms with E-state index < -0.39 is 23.3 Å². The van der Waals surface area contributed by atoms with Crippen molar-refractivity contribution in [2.45, 2.75) is 6.92 Å². The number of nitro benzene ring substituents is 1. The summed E-state index contributed by atoms with van der Waals surface area (Å²) in [6.07, 6.45) is 0. The molecule has 0 amide bonds. The van der Waals surface area contributed by atoms with Crippen LogP contribution in [0.25, 0.3) is 0 Å². The quantitative estimate of drug-likeness (QED) is 0.343. The van der Waals surface area contributed by atoms with Gasteiger partial charge in [-0.05, 0) is 36.8 Å². The molecule has 0 aliphatic heterocycles. The maximum Gasteiger partial charge on any atom is 0.338 e. The fourth-order valence-electron chi connectivity index (χ4n) is 1.79. The number of carbonyl (C=O) groups is 2. The number of ketones is 1. The summed E-state index contributed by atoms with van der Waals surface area (Å²) < 4.78 is 5.75. The summed E-state index contributed by atoms with van der Waals surface area (Å²) in [5.41, 5.74) is 1.44. The second-order valence-corrected chi connectivity index (χ2v) is 5.62. The number of non-ortho nitro benzene ring substituents is 1. The summed E-state index contributed by atoms with van der Waals surface area (Å²) >= 11 is 3.32. The van der Waals surface area contributed by atoms with Gasteiger partial charge in [-0.3, -0.25) is 14.9 Å². The van der Waals surface area contributed by atoms with Gasteiger partial charge in [-0.1, -0.05) is 22.0 Å². The summed E-state index contributed by atoms with van der Waals surface area (Å²) in [4.78, 5) is 33.8. The Morgan fingerprint density at radius 3 is 2.30 bits per heavy atom. The van der Waals surface area contributed by atoms with E-state index in [1.807, 2.05) is 6.92 Å². The number of aryl methyl sites for hydroxylation is 1. The van der Waals surface area contributed by atoms with Crippen LogP contribution in [0.2, 0.25) is 0 Å². The summed E-state index contributed by atoms with van der Waals surface area (Å²) in [6.45, 7) is 1.46. The van der Waals surface area contributed by atoms with E-state index in [0.29, 0.717) is 5.56 Å². The number of nitro groups is 1. The lowest BCUT2D eigenvalue weighted by Crippen LogP contribution is -2.14. The lowest BCUT2D eigenvalue weighted by molar-refractivity contribution is -0.384. The van der Waals surface area contributed by atoms with Gasteiger partial charge < -0.3 is 4.74 Å². The van der Waals surface area contributed by atoms with Gasteiger partial charge in [0.1, 0.15) is 0 Å². The first-order valence-electron chi connectivity index (χ1n) is 6.59. The van der Waals surface area contributed by atoms with Crippen molar-refractivity contribution < 1.29 is 19.2 Å². The molecule has 2 aromatic carbocycles. The average Bonchev–Trinajstić information content (AvgIpc) is 2.54. The second-order valence-electron chi connectivity index (χ2n) is 4.77. The Balaban J connectivity index is 1.99. The molecule has 0 fully saturated rings. The second kappa shape index (κ2) is 7.15. The maximum absolute atomic E-state index is 11.9. The molecule has 7 heteroatoms. The van der Waals surface area contributed by atoms with Crippen molar-refractivity contribution in [2.75, 3.05) is 6.61 Å². The minimum Gasteiger partial charge on any atom is -0.454 e. The van der Waals surface area contributed by atoms with E-state index in [9.17, 15) is 19.7 Å². The van der Waals surface area contributed by atoms with Crippen molar-refractivity contribution in [1.82, 2.24) is 0 Å². The number of hydrogen-bond donors (Lipinski definition) is 0. The number of benzene rings is 2. The Kier molecular flexibility index (Phi) is 5.23. The number of nitrogens with zero attached hydrogens (tertiary/aromatic N) is 1. The van der Waals surface area contributed by atoms with E-state index in [0.717, 1.165) is 10.0 Å². The predicted octanol–water partition coefficient (Wildman–Crippen LogP) is 3.71. The SMILES string of the molecule is Cc1ccc(C(=O)OCC(=O)c2ccc([N+](=O)[O-])cc2)cc1Br. The van der Waals surface area contributed by atoms with E-state index in [4.69, 9.17) is 4.74 Å². The van der Waals surface area contributed by atoms with Gasteiger partial charge in [0.05, 0.1) is 10.5 Å². The van der Waals surface area contributed by atoms with E-state index in [1.165, 1.54) is 24.3 Å². The zero-order valence-corrected chi connectivity index (χ0v) is 13.7. The van der Waals surface area contributed by atoms with Crippen molar-refractivity contribution in [3.05, 3.63) is 73.7 Å². The third-order valence-corrected chi connectivity index (χ3v) is 4.00. The molecular weight excluding hydrogens is 366 g/mol. The van der Waals surface area contributed by atoms with Crippen LogP contribution in [-0.2, 0) is 4.74 Å². The highest BCUT2D eigenvalue weighted by Crippen LogP contribution is 2.18. The molecule has 0 heterocycles. The fraction of sp³-hybridized carbons (Fsp3) is 0.125. The molecule has 0 saturated heterocycles. The van der Waals surface area contributed by atoms with Gasteiger partial charge in [0, 0.05) is 22.2 Å². The molecule has 0 atom stereocenters. The lowest BCUT2D eigenvalue weighted by Gasteiger charge is -2.06. The molecule has 0 radical (unpaired) electrons. The minimum atomic E-state index is -0.610. The Labute approximate surface area is 140 Å². The van der Waals surface area contributed by atoms with Gasteiger partial charge in [-0.2, -0.15) is 0 Å². The van der Waals surface area contributed by atoms with Crippen molar-refractivity contribution in [1.29, 1.82) is 0 Å². The van der Waals surface area contributed by atoms with E-state index in [2.05, 4.69) is 15.9 Å². The fourth-order valence-corrected chi connectivity index (χ4v) is 2.17. The van der Waals surface area contributed by atoms with Crippen LogP contribution in [0.1, 0.15) is 26.3 Å². The van der Waals surface area contributed by atoms with Crippen LogP contribution in [-0.4, -0.2) is 23.3 Å². The average molecular weight is 378 g/mol. The normalized spacial score (nSPS) is 10.2. The molecule has 6 nitrogen and oxygen atoms in total. The van der Waals surface area contributed by atoms with Crippen LogP contribution >= 0.6 is 15.9 Å². The van der Waals surface area contributed by atoms with E-state index >= 15 is 0 Å². The first kappa shape index (κ1) is 16.8. The monoisotopic (exact) mass is 377 g/mol. The standard InChI is InChI=1S/C16H12BrNO5/c1-10-2-3-12(8-14(10)17)16(20)23-9-15(19)11-4-6-13(7-5-11)18(21)22/h2-8H,9H2,1H3. The zero-order valence-electron chi connectivity index (χ0n) is 12.1. The van der Waals surface area contributed by atoms with Gasteiger partial charge in [0.15, 0.2) is 12.4 Å². The summed E-state index contributed by atoms with van der Waals surface area (Å²) in [5.74, 6) is -1.04. The Morgan fingerprint density at radius 2 is 1.74 bits per heavy atom. The number of esters is 1. The molecule has 0 aliphatic carbocycles. The molecule has 0 aliphatic rings. The van der Waals surface area contributed by atoms with Gasteiger partial charge in [-0.25, -0.2) is 4.79 Å². The highest BCUT2D eigenvalue weighted by Gasteiger charge is 2.14. The largest absolute Gasteiger partial charge is 0.454 e. The number of halogens is 1. The molecule has 2 aromatic rings. The minimum absolute atomic E-state index is 0.108. The Hall–Kier alpha value is -2.54. The van der Waals surface area contributed by atoms with Gasteiger partial charge in [0.25, 0.3) is 5.69 Å². The molecule has 0 saturated carbocycles. The number of rotatable bonds is 5. The van der Waals surface area contributed by atoms with Crippen LogP contribution in [0.5, 0.6) is 0 Å². The predicted molar refractivity (Wildman–Crippen MR) is 86.6 cm³/mol.